The number of carbonyl (C=O) groups is 1. The summed E-state index contributed by atoms with van der Waals surface area (Å²) in [7, 11) is 0. The van der Waals surface area contributed by atoms with Gasteiger partial charge < -0.3 is 15.3 Å². The second-order valence-corrected chi connectivity index (χ2v) is 8.60. The molecule has 0 bridgehead atoms. The molecule has 1 saturated heterocycles. The molecule has 7 nitrogen and oxygen atoms in total. The topological polar surface area (TPSA) is 136 Å². The van der Waals surface area contributed by atoms with Gasteiger partial charge in [-0.15, -0.1) is 0 Å². The minimum atomic E-state index is -1.12. The first kappa shape index (κ1) is 21.9. The molecule has 8 heteroatoms. The van der Waals surface area contributed by atoms with E-state index < -0.39 is 24.0 Å². The molecule has 4 rings (SSSR count). The fraction of sp³-hybridized carbons (Fsp3) is 0.292. The lowest BCUT2D eigenvalue weighted by Crippen LogP contribution is -2.59. The minimum absolute atomic E-state index is 0.00895. The van der Waals surface area contributed by atoms with Crippen LogP contribution in [-0.2, 0) is 0 Å². The molecular weight excluding hydrogens is 428 g/mol. The molecule has 6 unspecified atom stereocenters. The maximum atomic E-state index is 11.4. The van der Waals surface area contributed by atoms with Gasteiger partial charge in [0.2, 0.25) is 0 Å². The van der Waals surface area contributed by atoms with Crippen molar-refractivity contribution in [2.24, 2.45) is 29.4 Å². The molecule has 0 radical (unpaired) electrons. The normalized spacial score (nSPS) is 30.5. The summed E-state index contributed by atoms with van der Waals surface area (Å²) in [5.74, 6) is -1.14. The number of hydrogen-bond donors (Lipinski definition) is 3. The highest BCUT2D eigenvalue weighted by Crippen LogP contribution is 2.49. The summed E-state index contributed by atoms with van der Waals surface area (Å²) in [5, 5.41) is 32.0. The Balaban J connectivity index is 1.71. The third kappa shape index (κ3) is 3.51. The van der Waals surface area contributed by atoms with Gasteiger partial charge in [0.05, 0.1) is 40.7 Å². The van der Waals surface area contributed by atoms with Gasteiger partial charge in [-0.3, -0.25) is 5.32 Å². The monoisotopic (exact) mass is 448 g/mol. The Labute approximate surface area is 190 Å². The molecule has 2 aliphatic rings. The van der Waals surface area contributed by atoms with Crippen molar-refractivity contribution >= 4 is 23.6 Å². The van der Waals surface area contributed by atoms with Gasteiger partial charge in [0.1, 0.15) is 11.5 Å². The zero-order chi connectivity index (χ0) is 23.2. The van der Waals surface area contributed by atoms with Crippen LogP contribution in [0.1, 0.15) is 23.0 Å². The van der Waals surface area contributed by atoms with Crippen LogP contribution in [0.2, 0.25) is 5.02 Å². The Morgan fingerprint density at radius 3 is 2.72 bits per heavy atom. The maximum absolute atomic E-state index is 11.4. The molecule has 1 aromatic heterocycles. The summed E-state index contributed by atoms with van der Waals surface area (Å²) in [6.07, 6.45) is 1.33. The van der Waals surface area contributed by atoms with Crippen molar-refractivity contribution in [1.29, 1.82) is 10.5 Å². The Kier molecular flexibility index (Phi) is 5.66. The molecule has 1 aliphatic heterocycles. The van der Waals surface area contributed by atoms with E-state index in [1.54, 1.807) is 18.2 Å². The van der Waals surface area contributed by atoms with Gasteiger partial charge in [-0.25, -0.2) is 4.79 Å². The van der Waals surface area contributed by atoms with Crippen molar-refractivity contribution in [3.05, 3.63) is 64.4 Å². The lowest BCUT2D eigenvalue weighted by atomic mass is 9.73. The number of nitrogens with two attached hydrogens (primary N) is 1. The maximum Gasteiger partial charge on any atom is 0.337 e. The molecule has 6 atom stereocenters. The van der Waals surface area contributed by atoms with Crippen LogP contribution >= 0.6 is 11.6 Å². The van der Waals surface area contributed by atoms with Gasteiger partial charge >= 0.3 is 5.97 Å². The van der Waals surface area contributed by atoms with E-state index in [2.05, 4.69) is 24.0 Å². The standard InChI is InChI=1S/C24H21ClN4O3/c1-11-15(21-12(2)18(10-27)23(28)29-22(21)17(11)9-26)8-14-4-6-20(32-14)13-3-5-19(25)16(7-13)24(30)31/h3-8,12,17-18,21-23,29H,1,28H2,2H3,(H,30,31). The van der Waals surface area contributed by atoms with Crippen LogP contribution < -0.4 is 11.1 Å². The van der Waals surface area contributed by atoms with Crippen LogP contribution in [-0.4, -0.2) is 23.3 Å². The third-order valence-electron chi connectivity index (χ3n) is 6.45. The zero-order valence-electron chi connectivity index (χ0n) is 17.2. The second-order valence-electron chi connectivity index (χ2n) is 8.19. The average molecular weight is 449 g/mol. The zero-order valence-corrected chi connectivity index (χ0v) is 18.0. The van der Waals surface area contributed by atoms with Crippen molar-refractivity contribution in [2.75, 3.05) is 0 Å². The van der Waals surface area contributed by atoms with Gasteiger partial charge in [0, 0.05) is 17.5 Å². The SMILES string of the molecule is C=C1C(=Cc2ccc(-c3ccc(Cl)c(C(=O)O)c3)o2)C2C(C)C(C#N)C(N)NC2C1C#N. The molecule has 4 N–H and O–H groups in total. The summed E-state index contributed by atoms with van der Waals surface area (Å²) >= 11 is 5.96. The van der Waals surface area contributed by atoms with Gasteiger partial charge in [0.25, 0.3) is 0 Å². The number of halogens is 1. The molecule has 1 aromatic carbocycles. The van der Waals surface area contributed by atoms with Crippen LogP contribution in [0.15, 0.2) is 52.5 Å². The van der Waals surface area contributed by atoms with E-state index in [0.717, 1.165) is 5.57 Å². The number of aromatic carboxylic acids is 1. The summed E-state index contributed by atoms with van der Waals surface area (Å²) in [5.41, 5.74) is 8.26. The molecular formula is C24H21ClN4O3. The van der Waals surface area contributed by atoms with E-state index in [-0.39, 0.29) is 28.5 Å². The number of furan rings is 1. The fourth-order valence-electron chi connectivity index (χ4n) is 4.82. The number of nitriles is 2. The number of fused-ring (bicyclic) bond motifs is 1. The van der Waals surface area contributed by atoms with Crippen LogP contribution in [0.3, 0.4) is 0 Å². The Bertz CT molecular complexity index is 1220. The van der Waals surface area contributed by atoms with Gasteiger partial charge in [0.15, 0.2) is 0 Å². The number of nitrogens with one attached hydrogen (secondary N) is 1. The van der Waals surface area contributed by atoms with Gasteiger partial charge in [-0.1, -0.05) is 25.1 Å². The lowest BCUT2D eigenvalue weighted by Gasteiger charge is -2.40. The third-order valence-corrected chi connectivity index (χ3v) is 6.78. The highest BCUT2D eigenvalue weighted by atomic mass is 35.5. The lowest BCUT2D eigenvalue weighted by molar-refractivity contribution is 0.0697. The molecule has 2 fully saturated rings. The smallest absolute Gasteiger partial charge is 0.337 e. The van der Waals surface area contributed by atoms with Crippen LogP contribution in [0.5, 0.6) is 0 Å². The number of hydrogen-bond acceptors (Lipinski definition) is 6. The van der Waals surface area contributed by atoms with Crippen molar-refractivity contribution in [3.8, 4) is 23.5 Å². The average Bonchev–Trinajstić information content (AvgIpc) is 3.31. The molecule has 0 amide bonds. The van der Waals surface area contributed by atoms with Crippen LogP contribution in [0, 0.1) is 46.3 Å². The highest BCUT2D eigenvalue weighted by Gasteiger charge is 2.51. The Hall–Kier alpha value is -3.36. The molecule has 32 heavy (non-hydrogen) atoms. The van der Waals surface area contributed by atoms with Gasteiger partial charge in [-0.2, -0.15) is 10.5 Å². The van der Waals surface area contributed by atoms with Crippen molar-refractivity contribution in [2.45, 2.75) is 19.1 Å². The second kappa shape index (κ2) is 8.29. The molecule has 2 heterocycles. The quantitative estimate of drug-likeness (QED) is 0.644. The van der Waals surface area contributed by atoms with Crippen LogP contribution in [0.25, 0.3) is 17.4 Å². The fourth-order valence-corrected chi connectivity index (χ4v) is 5.02. The molecule has 1 saturated carbocycles. The largest absolute Gasteiger partial charge is 0.478 e. The first-order chi connectivity index (χ1) is 15.3. The minimum Gasteiger partial charge on any atom is -0.478 e. The number of carboxylic acid groups (broad SMARTS) is 1. The first-order valence-electron chi connectivity index (χ1n) is 10.1. The van der Waals surface area contributed by atoms with E-state index in [4.69, 9.17) is 21.8 Å². The predicted molar refractivity (Wildman–Crippen MR) is 119 cm³/mol. The van der Waals surface area contributed by atoms with E-state index >= 15 is 0 Å². The number of rotatable bonds is 3. The van der Waals surface area contributed by atoms with E-state index in [1.807, 2.05) is 13.0 Å². The number of nitrogens with zero attached hydrogens (tertiary/aromatic N) is 2. The van der Waals surface area contributed by atoms with Crippen molar-refractivity contribution < 1.29 is 14.3 Å². The summed E-state index contributed by atoms with van der Waals surface area (Å²) in [6, 6.07) is 12.6. The van der Waals surface area contributed by atoms with E-state index in [1.165, 1.54) is 12.1 Å². The van der Waals surface area contributed by atoms with Crippen molar-refractivity contribution in [1.82, 2.24) is 5.32 Å². The van der Waals surface area contributed by atoms with Gasteiger partial charge in [-0.05, 0) is 53.5 Å². The number of piperidine rings is 1. The van der Waals surface area contributed by atoms with Crippen LogP contribution in [0.4, 0.5) is 0 Å². The molecule has 162 valence electrons. The van der Waals surface area contributed by atoms with E-state index in [0.29, 0.717) is 22.7 Å². The summed E-state index contributed by atoms with van der Waals surface area (Å²) in [4.78, 5) is 11.4. The Morgan fingerprint density at radius 1 is 1.31 bits per heavy atom. The Morgan fingerprint density at radius 2 is 2.06 bits per heavy atom. The molecule has 1 aliphatic carbocycles. The number of carboxylic acids is 1. The predicted octanol–water partition coefficient (Wildman–Crippen LogP) is 4.04. The highest BCUT2D eigenvalue weighted by molar-refractivity contribution is 6.33. The number of benzene rings is 1. The van der Waals surface area contributed by atoms with E-state index in [9.17, 15) is 20.4 Å². The molecule has 2 aromatic rings. The summed E-state index contributed by atoms with van der Waals surface area (Å²) in [6.45, 7) is 6.12. The van der Waals surface area contributed by atoms with Crippen molar-refractivity contribution in [3.63, 3.8) is 0 Å². The summed E-state index contributed by atoms with van der Waals surface area (Å²) < 4.78 is 5.97. The molecule has 0 spiro atoms. The first-order valence-corrected chi connectivity index (χ1v) is 10.5.